The van der Waals surface area contributed by atoms with Crippen LogP contribution in [0.15, 0.2) is 24.4 Å². The number of benzene rings is 1. The first-order valence-corrected chi connectivity index (χ1v) is 10.3. The number of likely N-dealkylation sites (tertiary alicyclic amines) is 1. The number of nitrogens with two attached hydrogens (primary N) is 1. The van der Waals surface area contributed by atoms with Gasteiger partial charge in [0.1, 0.15) is 11.4 Å². The third-order valence-corrected chi connectivity index (χ3v) is 5.91. The SMILES string of the molecule is CCC(C)NC(=O)c1ccc(C)c(-n2ncc(C(=O)N3[C@H](C)CC[C@H]3C)c2N)c1. The summed E-state index contributed by atoms with van der Waals surface area (Å²) in [5.41, 5.74) is 8.90. The smallest absolute Gasteiger partial charge is 0.259 e. The van der Waals surface area contributed by atoms with Crippen LogP contribution in [0.25, 0.3) is 5.69 Å². The molecule has 0 spiro atoms. The number of hydrogen-bond acceptors (Lipinski definition) is 4. The van der Waals surface area contributed by atoms with Crippen molar-refractivity contribution in [1.82, 2.24) is 20.0 Å². The first-order valence-electron chi connectivity index (χ1n) is 10.3. The molecule has 1 unspecified atom stereocenters. The number of carbonyl (C=O) groups excluding carboxylic acids is 2. The zero-order valence-corrected chi connectivity index (χ0v) is 17.9. The molecule has 0 aliphatic carbocycles. The molecule has 1 aliphatic heterocycles. The van der Waals surface area contributed by atoms with Crippen LogP contribution in [0.4, 0.5) is 5.82 Å². The first kappa shape index (κ1) is 20.9. The van der Waals surface area contributed by atoms with Gasteiger partial charge in [-0.2, -0.15) is 5.10 Å². The maximum atomic E-state index is 13.1. The highest BCUT2D eigenvalue weighted by Crippen LogP contribution is 2.28. The molecule has 1 aliphatic rings. The van der Waals surface area contributed by atoms with Gasteiger partial charge in [0.05, 0.1) is 11.9 Å². The lowest BCUT2D eigenvalue weighted by Crippen LogP contribution is -2.38. The fourth-order valence-electron chi connectivity index (χ4n) is 3.84. The summed E-state index contributed by atoms with van der Waals surface area (Å²) in [7, 11) is 0. The van der Waals surface area contributed by atoms with E-state index in [-0.39, 0.29) is 29.9 Å². The molecule has 3 rings (SSSR count). The summed E-state index contributed by atoms with van der Waals surface area (Å²) >= 11 is 0. The second-order valence-electron chi connectivity index (χ2n) is 8.13. The number of carbonyl (C=O) groups is 2. The van der Waals surface area contributed by atoms with Gasteiger partial charge in [-0.1, -0.05) is 13.0 Å². The number of nitrogens with zero attached hydrogens (tertiary/aromatic N) is 3. The molecule has 2 amide bonds. The Morgan fingerprint density at radius 2 is 1.93 bits per heavy atom. The molecule has 1 aromatic carbocycles. The molecule has 0 saturated carbocycles. The van der Waals surface area contributed by atoms with E-state index in [1.807, 2.05) is 31.7 Å². The minimum Gasteiger partial charge on any atom is -0.383 e. The second-order valence-corrected chi connectivity index (χ2v) is 8.13. The van der Waals surface area contributed by atoms with Gasteiger partial charge in [0.25, 0.3) is 11.8 Å². The number of rotatable bonds is 5. The van der Waals surface area contributed by atoms with Crippen molar-refractivity contribution in [3.8, 4) is 5.69 Å². The van der Waals surface area contributed by atoms with Crippen LogP contribution >= 0.6 is 0 Å². The maximum absolute atomic E-state index is 13.1. The highest BCUT2D eigenvalue weighted by Gasteiger charge is 2.34. The zero-order chi connectivity index (χ0) is 21.3. The van der Waals surface area contributed by atoms with Gasteiger partial charge < -0.3 is 16.0 Å². The van der Waals surface area contributed by atoms with Crippen molar-refractivity contribution < 1.29 is 9.59 Å². The first-order chi connectivity index (χ1) is 13.7. The van der Waals surface area contributed by atoms with E-state index < -0.39 is 0 Å². The number of amides is 2. The number of anilines is 1. The number of hydrogen-bond donors (Lipinski definition) is 2. The average Bonchev–Trinajstić information content (AvgIpc) is 3.23. The highest BCUT2D eigenvalue weighted by atomic mass is 16.2. The van der Waals surface area contributed by atoms with Crippen LogP contribution in [-0.2, 0) is 0 Å². The lowest BCUT2D eigenvalue weighted by atomic mass is 10.1. The quantitative estimate of drug-likeness (QED) is 0.809. The largest absolute Gasteiger partial charge is 0.383 e. The van der Waals surface area contributed by atoms with Crippen LogP contribution in [0, 0.1) is 6.92 Å². The van der Waals surface area contributed by atoms with Gasteiger partial charge >= 0.3 is 0 Å². The molecule has 1 fully saturated rings. The van der Waals surface area contributed by atoms with Gasteiger partial charge in [-0.25, -0.2) is 4.68 Å². The summed E-state index contributed by atoms with van der Waals surface area (Å²) in [6, 6.07) is 5.90. The number of nitrogens with one attached hydrogen (secondary N) is 1. The van der Waals surface area contributed by atoms with E-state index in [2.05, 4.69) is 24.3 Å². The van der Waals surface area contributed by atoms with Crippen molar-refractivity contribution in [1.29, 1.82) is 0 Å². The van der Waals surface area contributed by atoms with E-state index in [0.29, 0.717) is 22.6 Å². The van der Waals surface area contributed by atoms with Crippen LogP contribution in [0.2, 0.25) is 0 Å². The van der Waals surface area contributed by atoms with E-state index in [1.165, 1.54) is 6.20 Å². The molecule has 0 radical (unpaired) electrons. The van der Waals surface area contributed by atoms with E-state index >= 15 is 0 Å². The van der Waals surface area contributed by atoms with Crippen LogP contribution in [-0.4, -0.2) is 44.6 Å². The van der Waals surface area contributed by atoms with E-state index in [0.717, 1.165) is 24.8 Å². The number of aryl methyl sites for hydroxylation is 1. The highest BCUT2D eigenvalue weighted by molar-refractivity contribution is 5.99. The normalized spacial score (nSPS) is 20.0. The molecule has 1 saturated heterocycles. The van der Waals surface area contributed by atoms with Gasteiger partial charge in [0.15, 0.2) is 0 Å². The molecule has 7 nitrogen and oxygen atoms in total. The van der Waals surface area contributed by atoms with Crippen molar-refractivity contribution in [2.24, 2.45) is 0 Å². The van der Waals surface area contributed by atoms with Gasteiger partial charge in [-0.05, 0) is 64.7 Å². The average molecular weight is 398 g/mol. The molecule has 2 heterocycles. The van der Waals surface area contributed by atoms with Gasteiger partial charge in [-0.15, -0.1) is 0 Å². The van der Waals surface area contributed by atoms with E-state index in [1.54, 1.807) is 16.8 Å². The monoisotopic (exact) mass is 397 g/mol. The number of aromatic nitrogens is 2. The molecule has 1 aromatic heterocycles. The van der Waals surface area contributed by atoms with Gasteiger partial charge in [-0.3, -0.25) is 9.59 Å². The van der Waals surface area contributed by atoms with Crippen LogP contribution in [0.3, 0.4) is 0 Å². The summed E-state index contributed by atoms with van der Waals surface area (Å²) in [6.45, 7) is 10.0. The lowest BCUT2D eigenvalue weighted by molar-refractivity contribution is 0.0693. The summed E-state index contributed by atoms with van der Waals surface area (Å²) in [6.07, 6.45) is 4.37. The van der Waals surface area contributed by atoms with Crippen molar-refractivity contribution >= 4 is 17.6 Å². The number of nitrogen functional groups attached to an aromatic ring is 1. The van der Waals surface area contributed by atoms with E-state index in [4.69, 9.17) is 5.73 Å². The minimum absolute atomic E-state index is 0.0884. The Bertz CT molecular complexity index is 910. The molecule has 2 aromatic rings. The molecular formula is C22H31N5O2. The van der Waals surface area contributed by atoms with Crippen LogP contribution in [0.5, 0.6) is 0 Å². The van der Waals surface area contributed by atoms with Gasteiger partial charge in [0.2, 0.25) is 0 Å². The fourth-order valence-corrected chi connectivity index (χ4v) is 3.84. The molecule has 29 heavy (non-hydrogen) atoms. The Morgan fingerprint density at radius 3 is 2.55 bits per heavy atom. The lowest BCUT2D eigenvalue weighted by Gasteiger charge is -2.26. The van der Waals surface area contributed by atoms with Crippen LogP contribution in [0.1, 0.15) is 73.2 Å². The summed E-state index contributed by atoms with van der Waals surface area (Å²) in [5, 5.41) is 7.35. The predicted octanol–water partition coefficient (Wildman–Crippen LogP) is 3.30. The summed E-state index contributed by atoms with van der Waals surface area (Å²) in [4.78, 5) is 27.5. The van der Waals surface area contributed by atoms with Crippen molar-refractivity contribution in [2.75, 3.05) is 5.73 Å². The Balaban J connectivity index is 1.93. The summed E-state index contributed by atoms with van der Waals surface area (Å²) in [5.74, 6) is 0.0702. The van der Waals surface area contributed by atoms with Crippen LogP contribution < -0.4 is 11.1 Å². The molecule has 7 heteroatoms. The van der Waals surface area contributed by atoms with Crippen molar-refractivity contribution in [3.63, 3.8) is 0 Å². The fraction of sp³-hybridized carbons (Fsp3) is 0.500. The molecule has 156 valence electrons. The van der Waals surface area contributed by atoms with Crippen molar-refractivity contribution in [2.45, 2.75) is 72.0 Å². The molecule has 0 bridgehead atoms. The third-order valence-electron chi connectivity index (χ3n) is 5.91. The summed E-state index contributed by atoms with van der Waals surface area (Å²) < 4.78 is 1.55. The Hall–Kier alpha value is -2.83. The predicted molar refractivity (Wildman–Crippen MR) is 114 cm³/mol. The topological polar surface area (TPSA) is 93.2 Å². The molecule has 3 N–H and O–H groups in total. The Labute approximate surface area is 172 Å². The zero-order valence-electron chi connectivity index (χ0n) is 17.9. The molecule has 3 atom stereocenters. The molecular weight excluding hydrogens is 366 g/mol. The minimum atomic E-state index is -0.137. The standard InChI is InChI=1S/C22H31N5O2/c1-6-14(3)25-21(28)17-10-7-13(2)19(11-17)27-20(23)18(12-24-27)22(29)26-15(4)8-9-16(26)5/h7,10-12,14-16H,6,8-9,23H2,1-5H3,(H,25,28)/t14?,15-,16-/m1/s1. The third kappa shape index (κ3) is 3.99. The van der Waals surface area contributed by atoms with Crippen molar-refractivity contribution in [3.05, 3.63) is 41.1 Å². The Morgan fingerprint density at radius 1 is 1.28 bits per heavy atom. The Kier molecular flexibility index (Phi) is 5.96. The second kappa shape index (κ2) is 8.27. The maximum Gasteiger partial charge on any atom is 0.259 e. The van der Waals surface area contributed by atoms with Gasteiger partial charge in [0, 0.05) is 23.7 Å². The van der Waals surface area contributed by atoms with E-state index in [9.17, 15) is 9.59 Å².